The number of likely N-dealkylation sites (tertiary alicyclic amines) is 1. The highest BCUT2D eigenvalue weighted by atomic mass is 19.1. The summed E-state index contributed by atoms with van der Waals surface area (Å²) >= 11 is 0. The number of carbonyl (C=O) groups excluding carboxylic acids is 1. The van der Waals surface area contributed by atoms with Gasteiger partial charge in [0.15, 0.2) is 5.69 Å². The number of aromatic amines is 1. The zero-order chi connectivity index (χ0) is 19.5. The van der Waals surface area contributed by atoms with Crippen LogP contribution in [0.4, 0.5) is 4.39 Å². The Morgan fingerprint density at radius 3 is 3.04 bits per heavy atom. The van der Waals surface area contributed by atoms with Gasteiger partial charge in [0.1, 0.15) is 5.82 Å². The van der Waals surface area contributed by atoms with Gasteiger partial charge in [-0.15, -0.1) is 0 Å². The predicted molar refractivity (Wildman–Crippen MR) is 107 cm³/mol. The van der Waals surface area contributed by atoms with Crippen molar-refractivity contribution in [3.8, 4) is 0 Å². The van der Waals surface area contributed by atoms with Crippen LogP contribution in [0, 0.1) is 11.7 Å². The number of nitrogens with one attached hydrogen (secondary N) is 1. The average molecular weight is 384 g/mol. The van der Waals surface area contributed by atoms with Gasteiger partial charge in [0.25, 0.3) is 5.91 Å². The SMILES string of the molecule is CN(CC1CCCN(CCc2ccccc2F)C1)C(=O)c1n[nH]c2c1CCC2. The number of H-pyrrole nitrogens is 1. The van der Waals surface area contributed by atoms with Crippen molar-refractivity contribution in [2.75, 3.05) is 33.2 Å². The molecule has 0 spiro atoms. The lowest BCUT2D eigenvalue weighted by Crippen LogP contribution is -2.42. The van der Waals surface area contributed by atoms with E-state index in [1.807, 2.05) is 24.1 Å². The number of rotatable bonds is 6. The number of halogens is 1. The molecule has 1 fully saturated rings. The van der Waals surface area contributed by atoms with Crippen LogP contribution in [0.25, 0.3) is 0 Å². The molecule has 2 aliphatic rings. The van der Waals surface area contributed by atoms with E-state index < -0.39 is 0 Å². The number of fused-ring (bicyclic) bond motifs is 1. The normalized spacial score (nSPS) is 19.6. The number of benzene rings is 1. The summed E-state index contributed by atoms with van der Waals surface area (Å²) in [5, 5.41) is 7.31. The highest BCUT2D eigenvalue weighted by Gasteiger charge is 2.27. The van der Waals surface area contributed by atoms with Crippen LogP contribution in [0.15, 0.2) is 24.3 Å². The first kappa shape index (κ1) is 19.1. The maximum absolute atomic E-state index is 13.8. The third-order valence-corrected chi connectivity index (χ3v) is 6.15. The van der Waals surface area contributed by atoms with Crippen molar-refractivity contribution in [2.45, 2.75) is 38.5 Å². The van der Waals surface area contributed by atoms with Crippen molar-refractivity contribution in [2.24, 2.45) is 5.92 Å². The molecule has 1 aliphatic heterocycles. The van der Waals surface area contributed by atoms with Gasteiger partial charge in [0.2, 0.25) is 0 Å². The molecule has 2 heterocycles. The van der Waals surface area contributed by atoms with E-state index in [0.29, 0.717) is 11.6 Å². The molecule has 0 saturated carbocycles. The van der Waals surface area contributed by atoms with Crippen molar-refractivity contribution in [3.63, 3.8) is 0 Å². The number of nitrogens with zero attached hydrogens (tertiary/aromatic N) is 3. The Balaban J connectivity index is 1.30. The monoisotopic (exact) mass is 384 g/mol. The lowest BCUT2D eigenvalue weighted by Gasteiger charge is -2.34. The molecule has 4 rings (SSSR count). The molecule has 150 valence electrons. The molecule has 1 aromatic carbocycles. The Labute approximate surface area is 165 Å². The van der Waals surface area contributed by atoms with Crippen molar-refractivity contribution < 1.29 is 9.18 Å². The van der Waals surface area contributed by atoms with Crippen LogP contribution in [0.3, 0.4) is 0 Å². The summed E-state index contributed by atoms with van der Waals surface area (Å²) < 4.78 is 13.8. The number of aryl methyl sites for hydroxylation is 1. The van der Waals surface area contributed by atoms with E-state index >= 15 is 0 Å². The molecule has 5 nitrogen and oxygen atoms in total. The predicted octanol–water partition coefficient (Wildman–Crippen LogP) is 3.06. The van der Waals surface area contributed by atoms with E-state index in [0.717, 1.165) is 81.5 Å². The summed E-state index contributed by atoms with van der Waals surface area (Å²) in [5.74, 6) is 0.367. The minimum atomic E-state index is -0.118. The standard InChI is InChI=1S/C22H29FN4O/c1-26(22(28)21-18-8-4-10-20(18)24-25-21)14-16-6-5-12-27(15-16)13-11-17-7-2-3-9-19(17)23/h2-3,7,9,16H,4-6,8,10-15H2,1H3,(H,24,25). The molecule has 1 N–H and O–H groups in total. The van der Waals surface area contributed by atoms with Gasteiger partial charge in [-0.1, -0.05) is 18.2 Å². The van der Waals surface area contributed by atoms with E-state index in [1.54, 1.807) is 6.07 Å². The molecular formula is C22H29FN4O. The molecule has 0 bridgehead atoms. The molecule has 1 atom stereocenters. The van der Waals surface area contributed by atoms with Gasteiger partial charge in [-0.05, 0) is 62.6 Å². The van der Waals surface area contributed by atoms with E-state index in [1.165, 1.54) is 6.07 Å². The molecule has 0 radical (unpaired) electrons. The molecule has 28 heavy (non-hydrogen) atoms. The zero-order valence-corrected chi connectivity index (χ0v) is 16.6. The molecule has 1 aliphatic carbocycles. The third kappa shape index (κ3) is 4.12. The topological polar surface area (TPSA) is 52.2 Å². The summed E-state index contributed by atoms with van der Waals surface area (Å²) in [4.78, 5) is 17.1. The fourth-order valence-corrected chi connectivity index (χ4v) is 4.63. The van der Waals surface area contributed by atoms with E-state index in [2.05, 4.69) is 15.1 Å². The summed E-state index contributed by atoms with van der Waals surface area (Å²) in [6.07, 6.45) is 6.04. The second-order valence-corrected chi connectivity index (χ2v) is 8.22. The third-order valence-electron chi connectivity index (χ3n) is 6.15. The second kappa shape index (κ2) is 8.43. The first-order chi connectivity index (χ1) is 13.6. The molecule has 1 saturated heterocycles. The summed E-state index contributed by atoms with van der Waals surface area (Å²) in [5.41, 5.74) is 3.65. The van der Waals surface area contributed by atoms with Gasteiger partial charge in [-0.3, -0.25) is 9.89 Å². The van der Waals surface area contributed by atoms with Crippen molar-refractivity contribution >= 4 is 5.91 Å². The molecule has 1 amide bonds. The Morgan fingerprint density at radius 2 is 2.18 bits per heavy atom. The number of hydrogen-bond acceptors (Lipinski definition) is 3. The van der Waals surface area contributed by atoms with Crippen molar-refractivity contribution in [1.29, 1.82) is 0 Å². The van der Waals surface area contributed by atoms with Gasteiger partial charge < -0.3 is 9.80 Å². The fourth-order valence-electron chi connectivity index (χ4n) is 4.63. The first-order valence-electron chi connectivity index (χ1n) is 10.4. The minimum Gasteiger partial charge on any atom is -0.340 e. The molecular weight excluding hydrogens is 355 g/mol. The van der Waals surface area contributed by atoms with E-state index in [9.17, 15) is 9.18 Å². The van der Waals surface area contributed by atoms with Crippen LogP contribution in [-0.4, -0.2) is 59.1 Å². The summed E-state index contributed by atoms with van der Waals surface area (Å²) in [6.45, 7) is 3.62. The lowest BCUT2D eigenvalue weighted by molar-refractivity contribution is 0.0723. The minimum absolute atomic E-state index is 0.0304. The van der Waals surface area contributed by atoms with Crippen LogP contribution >= 0.6 is 0 Å². The van der Waals surface area contributed by atoms with Gasteiger partial charge >= 0.3 is 0 Å². The number of amides is 1. The average Bonchev–Trinajstić information content (AvgIpc) is 3.31. The molecule has 6 heteroatoms. The van der Waals surface area contributed by atoms with Crippen molar-refractivity contribution in [3.05, 3.63) is 52.6 Å². The second-order valence-electron chi connectivity index (χ2n) is 8.22. The lowest BCUT2D eigenvalue weighted by atomic mass is 9.96. The molecule has 1 aromatic heterocycles. The number of aromatic nitrogens is 2. The van der Waals surface area contributed by atoms with E-state index in [-0.39, 0.29) is 11.7 Å². The summed E-state index contributed by atoms with van der Waals surface area (Å²) in [6, 6.07) is 7.02. The maximum Gasteiger partial charge on any atom is 0.274 e. The Hall–Kier alpha value is -2.21. The Kier molecular flexibility index (Phi) is 5.76. The highest BCUT2D eigenvalue weighted by molar-refractivity contribution is 5.94. The van der Waals surface area contributed by atoms with Gasteiger partial charge in [-0.2, -0.15) is 5.10 Å². The van der Waals surface area contributed by atoms with Crippen molar-refractivity contribution in [1.82, 2.24) is 20.0 Å². The molecule has 1 unspecified atom stereocenters. The quantitative estimate of drug-likeness (QED) is 0.833. The van der Waals surface area contributed by atoms with Crippen LogP contribution in [0.1, 0.15) is 46.6 Å². The Bertz CT molecular complexity index is 834. The van der Waals surface area contributed by atoms with Crippen LogP contribution in [-0.2, 0) is 19.3 Å². The van der Waals surface area contributed by atoms with Gasteiger partial charge in [0.05, 0.1) is 0 Å². The number of hydrogen-bond donors (Lipinski definition) is 1. The first-order valence-corrected chi connectivity index (χ1v) is 10.4. The highest BCUT2D eigenvalue weighted by Crippen LogP contribution is 2.24. The number of carbonyl (C=O) groups is 1. The number of piperidine rings is 1. The van der Waals surface area contributed by atoms with E-state index in [4.69, 9.17) is 0 Å². The fraction of sp³-hybridized carbons (Fsp3) is 0.545. The van der Waals surface area contributed by atoms with Gasteiger partial charge in [0, 0.05) is 37.9 Å². The smallest absolute Gasteiger partial charge is 0.274 e. The van der Waals surface area contributed by atoms with Crippen LogP contribution in [0.2, 0.25) is 0 Å². The maximum atomic E-state index is 13.8. The zero-order valence-electron chi connectivity index (χ0n) is 16.6. The van der Waals surface area contributed by atoms with Crippen LogP contribution in [0.5, 0.6) is 0 Å². The summed E-state index contributed by atoms with van der Waals surface area (Å²) in [7, 11) is 1.89. The molecule has 2 aromatic rings. The largest absolute Gasteiger partial charge is 0.340 e. The van der Waals surface area contributed by atoms with Gasteiger partial charge in [-0.25, -0.2) is 4.39 Å². The Morgan fingerprint density at radius 1 is 1.32 bits per heavy atom. The van der Waals surface area contributed by atoms with Crippen LogP contribution < -0.4 is 0 Å².